The van der Waals surface area contributed by atoms with E-state index in [-0.39, 0.29) is 0 Å². The van der Waals surface area contributed by atoms with Crippen molar-refractivity contribution in [3.05, 3.63) is 59.7 Å². The van der Waals surface area contributed by atoms with Crippen LogP contribution in [0.5, 0.6) is 0 Å². The quantitative estimate of drug-likeness (QED) is 0.799. The lowest BCUT2D eigenvalue weighted by atomic mass is 10.2. The van der Waals surface area contributed by atoms with Gasteiger partial charge < -0.3 is 4.74 Å². The number of hydrogen-bond donors (Lipinski definition) is 0. The summed E-state index contributed by atoms with van der Waals surface area (Å²) in [7, 11) is 0. The normalized spacial score (nSPS) is 9.82. The average molecular weight is 225 g/mol. The van der Waals surface area contributed by atoms with Crippen LogP contribution in [-0.2, 0) is 18.0 Å². The molecule has 0 N–H and O–H groups in total. The number of hydrogen-bond acceptors (Lipinski definition) is 4. The van der Waals surface area contributed by atoms with E-state index >= 15 is 0 Å². The lowest BCUT2D eigenvalue weighted by Crippen LogP contribution is -1.98. The van der Waals surface area contributed by atoms with Gasteiger partial charge in [0.25, 0.3) is 0 Å². The molecule has 0 saturated carbocycles. The van der Waals surface area contributed by atoms with Crippen molar-refractivity contribution in [1.82, 2.24) is 9.97 Å². The first-order chi connectivity index (χ1) is 8.38. The molecule has 1 heterocycles. The van der Waals surface area contributed by atoms with E-state index in [4.69, 9.17) is 10.00 Å². The first-order valence-corrected chi connectivity index (χ1v) is 5.21. The zero-order valence-corrected chi connectivity index (χ0v) is 9.21. The summed E-state index contributed by atoms with van der Waals surface area (Å²) in [5, 5.41) is 8.68. The minimum absolute atomic E-state index is 0.360. The second-order valence-electron chi connectivity index (χ2n) is 3.48. The highest BCUT2D eigenvalue weighted by atomic mass is 16.5. The lowest BCUT2D eigenvalue weighted by molar-refractivity contribution is 0.104. The number of nitrogens with zero attached hydrogens (tertiary/aromatic N) is 3. The first-order valence-electron chi connectivity index (χ1n) is 5.21. The Morgan fingerprint density at radius 2 is 1.94 bits per heavy atom. The van der Waals surface area contributed by atoms with Gasteiger partial charge in [-0.05, 0) is 11.6 Å². The Morgan fingerprint density at radius 3 is 2.71 bits per heavy atom. The fourth-order valence-corrected chi connectivity index (χ4v) is 1.39. The van der Waals surface area contributed by atoms with Crippen molar-refractivity contribution in [2.24, 2.45) is 0 Å². The Balaban J connectivity index is 1.88. The van der Waals surface area contributed by atoms with Crippen LogP contribution in [-0.4, -0.2) is 9.97 Å². The van der Waals surface area contributed by atoms with Crippen molar-refractivity contribution < 1.29 is 4.74 Å². The van der Waals surface area contributed by atoms with Crippen molar-refractivity contribution in [2.45, 2.75) is 13.2 Å². The molecule has 2 rings (SSSR count). The van der Waals surface area contributed by atoms with E-state index in [0.717, 1.165) is 5.56 Å². The third kappa shape index (κ3) is 3.37. The summed E-state index contributed by atoms with van der Waals surface area (Å²) in [5.41, 5.74) is 2.19. The maximum absolute atomic E-state index is 8.68. The Labute approximate surface area is 99.5 Å². The Hall–Kier alpha value is -2.25. The van der Waals surface area contributed by atoms with Gasteiger partial charge in [-0.25, -0.2) is 9.97 Å². The largest absolute Gasteiger partial charge is 0.370 e. The molecule has 0 amide bonds. The van der Waals surface area contributed by atoms with Crippen molar-refractivity contribution in [3.8, 4) is 6.07 Å². The second kappa shape index (κ2) is 5.73. The summed E-state index contributed by atoms with van der Waals surface area (Å²) in [6.07, 6.45) is 1.37. The minimum Gasteiger partial charge on any atom is -0.370 e. The summed E-state index contributed by atoms with van der Waals surface area (Å²) in [4.78, 5) is 7.83. The fourth-order valence-electron chi connectivity index (χ4n) is 1.39. The zero-order valence-electron chi connectivity index (χ0n) is 9.21. The van der Waals surface area contributed by atoms with Crippen LogP contribution in [0.3, 0.4) is 0 Å². The summed E-state index contributed by atoms with van der Waals surface area (Å²) in [6, 6.07) is 13.5. The van der Waals surface area contributed by atoms with E-state index in [1.807, 2.05) is 36.4 Å². The molecule has 1 aromatic heterocycles. The van der Waals surface area contributed by atoms with Crippen LogP contribution in [0.1, 0.15) is 17.0 Å². The number of aromatic nitrogens is 2. The van der Waals surface area contributed by atoms with Crippen LogP contribution in [0.25, 0.3) is 0 Å². The van der Waals surface area contributed by atoms with E-state index in [2.05, 4.69) is 9.97 Å². The number of benzene rings is 1. The molecular formula is C13H11N3O. The third-order valence-electron chi connectivity index (χ3n) is 2.20. The average Bonchev–Trinajstić information content (AvgIpc) is 2.40. The topological polar surface area (TPSA) is 58.8 Å². The monoisotopic (exact) mass is 225 g/mol. The van der Waals surface area contributed by atoms with Gasteiger partial charge in [-0.15, -0.1) is 0 Å². The lowest BCUT2D eigenvalue weighted by Gasteiger charge is -2.03. The molecule has 1 aromatic carbocycles. The number of ether oxygens (including phenoxy) is 1. The van der Waals surface area contributed by atoms with Crippen molar-refractivity contribution >= 4 is 0 Å². The fraction of sp³-hybridized carbons (Fsp3) is 0.154. The molecular weight excluding hydrogens is 214 g/mol. The highest BCUT2D eigenvalue weighted by molar-refractivity contribution is 5.20. The van der Waals surface area contributed by atoms with Gasteiger partial charge in [-0.2, -0.15) is 5.26 Å². The SMILES string of the molecule is N#Cc1cc(COCc2ccccc2)ncn1. The van der Waals surface area contributed by atoms with Crippen LogP contribution in [0.15, 0.2) is 42.7 Å². The predicted molar refractivity (Wildman–Crippen MR) is 61.7 cm³/mol. The standard InChI is InChI=1S/C13H11N3O/c14-7-12-6-13(16-10-15-12)9-17-8-11-4-2-1-3-5-11/h1-6,10H,8-9H2. The molecule has 0 bridgehead atoms. The van der Waals surface area contributed by atoms with Gasteiger partial charge in [-0.3, -0.25) is 0 Å². The Morgan fingerprint density at radius 1 is 1.12 bits per heavy atom. The van der Waals surface area contributed by atoms with Crippen LogP contribution in [0.2, 0.25) is 0 Å². The van der Waals surface area contributed by atoms with Crippen molar-refractivity contribution in [3.63, 3.8) is 0 Å². The Kier molecular flexibility index (Phi) is 3.79. The van der Waals surface area contributed by atoms with Gasteiger partial charge in [0, 0.05) is 0 Å². The third-order valence-corrected chi connectivity index (χ3v) is 2.20. The maximum atomic E-state index is 8.68. The molecule has 0 fully saturated rings. The van der Waals surface area contributed by atoms with Gasteiger partial charge in [0.05, 0.1) is 18.9 Å². The van der Waals surface area contributed by atoms with Gasteiger partial charge in [0.1, 0.15) is 18.1 Å². The van der Waals surface area contributed by atoms with Crippen LogP contribution in [0.4, 0.5) is 0 Å². The number of rotatable bonds is 4. The highest BCUT2D eigenvalue weighted by Gasteiger charge is 1.98. The minimum atomic E-state index is 0.360. The van der Waals surface area contributed by atoms with Gasteiger partial charge in [-0.1, -0.05) is 30.3 Å². The molecule has 0 aliphatic heterocycles. The molecule has 4 nitrogen and oxygen atoms in total. The van der Waals surface area contributed by atoms with Gasteiger partial charge >= 0.3 is 0 Å². The Bertz CT molecular complexity index is 520. The summed E-state index contributed by atoms with van der Waals surface area (Å²) in [5.74, 6) is 0. The molecule has 0 spiro atoms. The van der Waals surface area contributed by atoms with Crippen LogP contribution >= 0.6 is 0 Å². The maximum Gasteiger partial charge on any atom is 0.144 e. The predicted octanol–water partition coefficient (Wildman–Crippen LogP) is 2.07. The molecule has 0 aliphatic rings. The zero-order chi connectivity index (χ0) is 11.9. The van der Waals surface area contributed by atoms with E-state index in [0.29, 0.717) is 24.6 Å². The molecule has 17 heavy (non-hydrogen) atoms. The van der Waals surface area contributed by atoms with Gasteiger partial charge in [0.2, 0.25) is 0 Å². The summed E-state index contributed by atoms with van der Waals surface area (Å²) < 4.78 is 5.51. The van der Waals surface area contributed by atoms with Crippen molar-refractivity contribution in [2.75, 3.05) is 0 Å². The molecule has 0 saturated heterocycles. The molecule has 0 aliphatic carbocycles. The van der Waals surface area contributed by atoms with E-state index in [1.54, 1.807) is 6.07 Å². The molecule has 0 radical (unpaired) electrons. The molecule has 4 heteroatoms. The molecule has 0 atom stereocenters. The summed E-state index contributed by atoms with van der Waals surface area (Å²) in [6.45, 7) is 0.916. The van der Waals surface area contributed by atoms with Crippen LogP contribution < -0.4 is 0 Å². The van der Waals surface area contributed by atoms with E-state index in [1.165, 1.54) is 6.33 Å². The van der Waals surface area contributed by atoms with Gasteiger partial charge in [0.15, 0.2) is 0 Å². The molecule has 2 aromatic rings. The van der Waals surface area contributed by atoms with Crippen LogP contribution in [0, 0.1) is 11.3 Å². The second-order valence-corrected chi connectivity index (χ2v) is 3.48. The van der Waals surface area contributed by atoms with Crippen molar-refractivity contribution in [1.29, 1.82) is 5.26 Å². The first kappa shape index (κ1) is 11.2. The van der Waals surface area contributed by atoms with E-state index in [9.17, 15) is 0 Å². The number of nitriles is 1. The summed E-state index contributed by atoms with van der Waals surface area (Å²) >= 11 is 0. The smallest absolute Gasteiger partial charge is 0.144 e. The highest BCUT2D eigenvalue weighted by Crippen LogP contribution is 2.04. The van der Waals surface area contributed by atoms with E-state index < -0.39 is 0 Å². The molecule has 84 valence electrons. The molecule has 0 unspecified atom stereocenters.